The summed E-state index contributed by atoms with van der Waals surface area (Å²) in [6.45, 7) is 16.9. The summed E-state index contributed by atoms with van der Waals surface area (Å²) in [4.78, 5) is 24.7. The molecule has 3 aliphatic carbocycles. The third-order valence-electron chi connectivity index (χ3n) is 12.4. The number of hydrogen-bond donors (Lipinski definition) is 3. The van der Waals surface area contributed by atoms with E-state index in [-0.39, 0.29) is 52.1 Å². The van der Waals surface area contributed by atoms with E-state index in [0.29, 0.717) is 12.8 Å². The standard InChI is InChI=1S/C31H50O6/c1-26(2)12-9-13-31(8,37-26)20-10-14-30(7)24(20)19(18-32)16-22-28(5,17-23(33)34)21(11-15-29(22,30)6)27(3,4)25(35)36/h18,20-22,24,32H,9-17H2,1-8H3,(H,33,34)(H,35,36)/b19-18+/t20-,21-,22?,24?,28-,29+,30+,31+/m0/s1. The van der Waals surface area contributed by atoms with Gasteiger partial charge in [0, 0.05) is 0 Å². The van der Waals surface area contributed by atoms with Crippen LogP contribution >= 0.6 is 0 Å². The van der Waals surface area contributed by atoms with E-state index < -0.39 is 22.8 Å². The quantitative estimate of drug-likeness (QED) is 0.332. The first-order chi connectivity index (χ1) is 16.9. The van der Waals surface area contributed by atoms with Gasteiger partial charge in [0.05, 0.1) is 29.3 Å². The Labute approximate surface area is 223 Å². The largest absolute Gasteiger partial charge is 0.516 e. The summed E-state index contributed by atoms with van der Waals surface area (Å²) in [5, 5.41) is 30.9. The Hall–Kier alpha value is -1.56. The molecule has 1 aliphatic heterocycles. The van der Waals surface area contributed by atoms with E-state index in [9.17, 15) is 24.9 Å². The van der Waals surface area contributed by atoms with E-state index in [4.69, 9.17) is 4.74 Å². The van der Waals surface area contributed by atoms with Gasteiger partial charge in [-0.1, -0.05) is 20.8 Å². The van der Waals surface area contributed by atoms with Crippen LogP contribution in [0, 0.1) is 45.3 Å². The second-order valence-corrected chi connectivity index (χ2v) is 15.1. The maximum absolute atomic E-state index is 12.4. The van der Waals surface area contributed by atoms with Crippen LogP contribution in [-0.2, 0) is 14.3 Å². The van der Waals surface area contributed by atoms with E-state index in [1.165, 1.54) is 6.26 Å². The van der Waals surface area contributed by atoms with Crippen molar-refractivity contribution in [1.29, 1.82) is 0 Å². The van der Waals surface area contributed by atoms with Crippen LogP contribution in [0.4, 0.5) is 0 Å². The Bertz CT molecular complexity index is 982. The molecule has 3 N–H and O–H groups in total. The fraction of sp³-hybridized carbons (Fsp3) is 0.871. The van der Waals surface area contributed by atoms with Gasteiger partial charge in [0.2, 0.25) is 0 Å². The molecule has 0 spiro atoms. The molecular weight excluding hydrogens is 468 g/mol. The number of aliphatic carboxylic acids is 2. The van der Waals surface area contributed by atoms with E-state index in [1.54, 1.807) is 13.8 Å². The molecule has 6 heteroatoms. The molecule has 8 atom stereocenters. The minimum atomic E-state index is -1.04. The highest BCUT2D eigenvalue weighted by Crippen LogP contribution is 2.76. The first-order valence-electron chi connectivity index (χ1n) is 14.4. The fourth-order valence-corrected chi connectivity index (χ4v) is 10.5. The van der Waals surface area contributed by atoms with Crippen molar-refractivity contribution in [1.82, 2.24) is 0 Å². The summed E-state index contributed by atoms with van der Waals surface area (Å²) in [6.07, 6.45) is 8.64. The van der Waals surface area contributed by atoms with Crippen molar-refractivity contribution in [3.63, 3.8) is 0 Å². The number of carbonyl (C=O) groups is 2. The van der Waals surface area contributed by atoms with Crippen LogP contribution < -0.4 is 0 Å². The average Bonchev–Trinajstić information content (AvgIpc) is 3.12. The van der Waals surface area contributed by atoms with Gasteiger partial charge in [-0.25, -0.2) is 0 Å². The van der Waals surface area contributed by atoms with Crippen LogP contribution in [0.3, 0.4) is 0 Å². The molecule has 210 valence electrons. The van der Waals surface area contributed by atoms with Gasteiger partial charge in [-0.15, -0.1) is 0 Å². The minimum Gasteiger partial charge on any atom is -0.516 e. The highest BCUT2D eigenvalue weighted by atomic mass is 16.5. The van der Waals surface area contributed by atoms with E-state index in [0.717, 1.165) is 44.1 Å². The molecule has 2 unspecified atom stereocenters. The van der Waals surface area contributed by atoms with Crippen molar-refractivity contribution in [2.45, 2.75) is 124 Å². The predicted octanol–water partition coefficient (Wildman–Crippen LogP) is 7.23. The molecule has 0 radical (unpaired) electrons. The van der Waals surface area contributed by atoms with Crippen molar-refractivity contribution in [2.75, 3.05) is 0 Å². The first-order valence-corrected chi connectivity index (χ1v) is 14.4. The molecule has 4 rings (SSSR count). The van der Waals surface area contributed by atoms with Crippen molar-refractivity contribution < 1.29 is 29.6 Å². The molecule has 4 fully saturated rings. The third kappa shape index (κ3) is 4.06. The molecule has 0 aromatic heterocycles. The Balaban J connectivity index is 1.81. The maximum Gasteiger partial charge on any atom is 0.309 e. The molecule has 3 saturated carbocycles. The van der Waals surface area contributed by atoms with Crippen molar-refractivity contribution >= 4 is 11.9 Å². The smallest absolute Gasteiger partial charge is 0.309 e. The summed E-state index contributed by atoms with van der Waals surface area (Å²) in [6, 6.07) is 0. The van der Waals surface area contributed by atoms with E-state index >= 15 is 0 Å². The monoisotopic (exact) mass is 518 g/mol. The lowest BCUT2D eigenvalue weighted by Crippen LogP contribution is -2.63. The lowest BCUT2D eigenvalue weighted by molar-refractivity contribution is -0.215. The summed E-state index contributed by atoms with van der Waals surface area (Å²) in [5.41, 5.74) is -1.50. The number of aliphatic hydroxyl groups is 1. The summed E-state index contributed by atoms with van der Waals surface area (Å²) < 4.78 is 6.83. The van der Waals surface area contributed by atoms with Gasteiger partial charge in [0.25, 0.3) is 0 Å². The van der Waals surface area contributed by atoms with Gasteiger partial charge in [-0.2, -0.15) is 0 Å². The van der Waals surface area contributed by atoms with Gasteiger partial charge >= 0.3 is 11.9 Å². The molecule has 37 heavy (non-hydrogen) atoms. The zero-order valence-corrected chi connectivity index (χ0v) is 24.3. The van der Waals surface area contributed by atoms with Crippen LogP contribution in [0.5, 0.6) is 0 Å². The number of allylic oxidation sites excluding steroid dienone is 1. The third-order valence-corrected chi connectivity index (χ3v) is 12.4. The summed E-state index contributed by atoms with van der Waals surface area (Å²) in [7, 11) is 0. The van der Waals surface area contributed by atoms with Crippen LogP contribution in [0.25, 0.3) is 0 Å². The Kier molecular flexibility index (Phi) is 6.71. The van der Waals surface area contributed by atoms with Gasteiger partial charge in [-0.05, 0) is 131 Å². The predicted molar refractivity (Wildman–Crippen MR) is 143 cm³/mol. The van der Waals surface area contributed by atoms with Crippen LogP contribution in [0.2, 0.25) is 0 Å². The molecule has 0 amide bonds. The normalized spacial score (nSPS) is 46.8. The number of ether oxygens (including phenoxy) is 1. The number of hydrogen-bond acceptors (Lipinski definition) is 4. The number of carboxylic acid groups (broad SMARTS) is 2. The van der Waals surface area contributed by atoms with Crippen molar-refractivity contribution in [2.24, 2.45) is 45.3 Å². The van der Waals surface area contributed by atoms with Crippen molar-refractivity contribution in [3.05, 3.63) is 11.8 Å². The van der Waals surface area contributed by atoms with Crippen molar-refractivity contribution in [3.8, 4) is 0 Å². The molecule has 1 saturated heterocycles. The molecule has 6 nitrogen and oxygen atoms in total. The van der Waals surface area contributed by atoms with Crippen LogP contribution in [-0.4, -0.2) is 38.5 Å². The fourth-order valence-electron chi connectivity index (χ4n) is 10.5. The lowest BCUT2D eigenvalue weighted by atomic mass is 9.36. The minimum absolute atomic E-state index is 0.0385. The highest BCUT2D eigenvalue weighted by Gasteiger charge is 2.70. The number of carboxylic acids is 2. The zero-order chi connectivity index (χ0) is 27.8. The second-order valence-electron chi connectivity index (χ2n) is 15.1. The van der Waals surface area contributed by atoms with E-state index in [2.05, 4.69) is 34.6 Å². The first kappa shape index (κ1) is 28.4. The molecule has 0 aromatic rings. The van der Waals surface area contributed by atoms with E-state index in [1.807, 2.05) is 6.92 Å². The molecule has 4 aliphatic rings. The highest BCUT2D eigenvalue weighted by molar-refractivity contribution is 5.75. The number of rotatable bonds is 5. The molecule has 0 aromatic carbocycles. The summed E-state index contributed by atoms with van der Waals surface area (Å²) >= 11 is 0. The topological polar surface area (TPSA) is 104 Å². The molecule has 0 bridgehead atoms. The van der Waals surface area contributed by atoms with Gasteiger partial charge in [-0.3, -0.25) is 9.59 Å². The second kappa shape index (κ2) is 8.72. The van der Waals surface area contributed by atoms with Crippen LogP contribution in [0.15, 0.2) is 11.8 Å². The lowest BCUT2D eigenvalue weighted by Gasteiger charge is -2.68. The molecule has 1 heterocycles. The van der Waals surface area contributed by atoms with Gasteiger partial charge < -0.3 is 20.1 Å². The maximum atomic E-state index is 12.4. The summed E-state index contributed by atoms with van der Waals surface area (Å²) in [5.74, 6) is -1.62. The Morgan fingerprint density at radius 3 is 2.14 bits per heavy atom. The SMILES string of the molecule is CC1(C)CCC[C@](C)([C@H]2CC[C@]3(C)C2/C(=C/O)CC2[C@@](C)(CC(=O)O)[C@H](C(C)(C)C(=O)O)CC[C@]23C)O1. The number of fused-ring (bicyclic) bond motifs is 3. The average molecular weight is 519 g/mol. The van der Waals surface area contributed by atoms with Gasteiger partial charge in [0.1, 0.15) is 0 Å². The van der Waals surface area contributed by atoms with Gasteiger partial charge in [0.15, 0.2) is 0 Å². The molecular formula is C31H50O6. The Morgan fingerprint density at radius 1 is 0.973 bits per heavy atom. The zero-order valence-electron chi connectivity index (χ0n) is 24.3. The Morgan fingerprint density at radius 2 is 1.59 bits per heavy atom. The number of aliphatic hydroxyl groups excluding tert-OH is 1. The van der Waals surface area contributed by atoms with Crippen LogP contribution in [0.1, 0.15) is 113 Å².